The van der Waals surface area contributed by atoms with Crippen LogP contribution in [0.1, 0.15) is 6.42 Å². The molecule has 190 valence electrons. The predicted molar refractivity (Wildman–Crippen MR) is 144 cm³/mol. The molecule has 10 nitrogen and oxygen atoms in total. The Hall–Kier alpha value is -3.74. The lowest BCUT2D eigenvalue weighted by molar-refractivity contribution is -0.115. The second-order valence-electron chi connectivity index (χ2n) is 7.56. The maximum Gasteiger partial charge on any atom is 0.264 e. The molecule has 0 atom stereocenters. The van der Waals surface area contributed by atoms with Crippen molar-refractivity contribution in [3.05, 3.63) is 84.7 Å². The van der Waals surface area contributed by atoms with Crippen LogP contribution in [0.25, 0.3) is 11.4 Å². The first-order valence-electron chi connectivity index (χ1n) is 11.0. The summed E-state index contributed by atoms with van der Waals surface area (Å²) >= 11 is 7.39. The van der Waals surface area contributed by atoms with Crippen molar-refractivity contribution in [3.63, 3.8) is 0 Å². The molecule has 13 heteroatoms. The minimum absolute atomic E-state index is 0.0200. The van der Waals surface area contributed by atoms with Crippen LogP contribution in [-0.4, -0.2) is 44.8 Å². The van der Waals surface area contributed by atoms with E-state index in [4.69, 9.17) is 11.6 Å². The van der Waals surface area contributed by atoms with Gasteiger partial charge in [-0.3, -0.25) is 9.36 Å². The average molecular weight is 556 g/mol. The molecule has 0 aliphatic carbocycles. The molecule has 0 aliphatic rings. The van der Waals surface area contributed by atoms with Crippen molar-refractivity contribution in [1.82, 2.24) is 24.7 Å². The lowest BCUT2D eigenvalue weighted by Crippen LogP contribution is -2.15. The van der Waals surface area contributed by atoms with Crippen LogP contribution in [0.3, 0.4) is 0 Å². The molecule has 0 saturated carbocycles. The van der Waals surface area contributed by atoms with Crippen LogP contribution in [0.5, 0.6) is 0 Å². The third-order valence-corrected chi connectivity index (χ3v) is 7.50. The molecule has 37 heavy (non-hydrogen) atoms. The fraction of sp³-hybridized carbons (Fsp3) is 0.125. The molecule has 0 fully saturated rings. The van der Waals surface area contributed by atoms with E-state index in [1.165, 1.54) is 48.4 Å². The fourth-order valence-corrected chi connectivity index (χ4v) is 5.18. The molecule has 0 aliphatic heterocycles. The van der Waals surface area contributed by atoms with Gasteiger partial charge < -0.3 is 5.32 Å². The Morgan fingerprint density at radius 3 is 2.43 bits per heavy atom. The van der Waals surface area contributed by atoms with Crippen molar-refractivity contribution in [3.8, 4) is 11.4 Å². The summed E-state index contributed by atoms with van der Waals surface area (Å²) in [7, 11) is -3.85. The molecule has 2 aromatic heterocycles. The normalized spacial score (nSPS) is 11.2. The number of carbonyl (C=O) groups is 1. The molecule has 0 radical (unpaired) electrons. The van der Waals surface area contributed by atoms with Gasteiger partial charge in [-0.1, -0.05) is 29.4 Å². The highest BCUT2D eigenvalue weighted by atomic mass is 35.5. The van der Waals surface area contributed by atoms with E-state index in [0.29, 0.717) is 34.0 Å². The van der Waals surface area contributed by atoms with Gasteiger partial charge in [-0.2, -0.15) is 0 Å². The number of amides is 1. The van der Waals surface area contributed by atoms with Crippen LogP contribution >= 0.6 is 23.4 Å². The van der Waals surface area contributed by atoms with E-state index < -0.39 is 10.0 Å². The molecular formula is C24H22ClN7O3S2. The number of thioether (sulfide) groups is 1. The van der Waals surface area contributed by atoms with Gasteiger partial charge in [0.1, 0.15) is 0 Å². The summed E-state index contributed by atoms with van der Waals surface area (Å²) in [6.07, 6.45) is 4.84. The molecule has 4 aromatic rings. The first-order valence-corrected chi connectivity index (χ1v) is 13.8. The summed E-state index contributed by atoms with van der Waals surface area (Å²) in [5.41, 5.74) is 1.35. The number of hydrogen-bond acceptors (Lipinski definition) is 8. The first kappa shape index (κ1) is 26.3. The van der Waals surface area contributed by atoms with Crippen molar-refractivity contribution < 1.29 is 13.2 Å². The Bertz CT molecular complexity index is 1480. The first-order chi connectivity index (χ1) is 17.9. The van der Waals surface area contributed by atoms with Crippen molar-refractivity contribution in [1.29, 1.82) is 0 Å². The van der Waals surface area contributed by atoms with E-state index in [0.717, 1.165) is 5.56 Å². The lowest BCUT2D eigenvalue weighted by Gasteiger charge is -2.09. The topological polar surface area (TPSA) is 132 Å². The number of benzene rings is 2. The quantitative estimate of drug-likeness (QED) is 0.204. The molecule has 2 N–H and O–H groups in total. The molecule has 0 bridgehead atoms. The number of sulfonamides is 1. The highest BCUT2D eigenvalue weighted by Crippen LogP contribution is 2.26. The van der Waals surface area contributed by atoms with Crippen LogP contribution < -0.4 is 10.0 Å². The Labute approximate surface area is 223 Å². The second kappa shape index (κ2) is 12.0. The van der Waals surface area contributed by atoms with E-state index >= 15 is 0 Å². The minimum Gasteiger partial charge on any atom is -0.326 e. The fourth-order valence-electron chi connectivity index (χ4n) is 3.21. The number of nitrogens with one attached hydrogen (secondary N) is 2. The molecule has 0 saturated heterocycles. The smallest absolute Gasteiger partial charge is 0.264 e. The summed E-state index contributed by atoms with van der Waals surface area (Å²) in [6.45, 7) is 4.32. The van der Waals surface area contributed by atoms with E-state index in [1.54, 1.807) is 24.3 Å². The molecular weight excluding hydrogens is 534 g/mol. The summed E-state index contributed by atoms with van der Waals surface area (Å²) in [5, 5.41) is 12.6. The van der Waals surface area contributed by atoms with Gasteiger partial charge in [0, 0.05) is 47.4 Å². The van der Waals surface area contributed by atoms with Gasteiger partial charge >= 0.3 is 0 Å². The second-order valence-corrected chi connectivity index (χ2v) is 10.7. The van der Waals surface area contributed by atoms with Gasteiger partial charge in [-0.25, -0.2) is 23.1 Å². The van der Waals surface area contributed by atoms with Crippen LogP contribution in [0.2, 0.25) is 5.02 Å². The number of aromatic nitrogens is 5. The highest BCUT2D eigenvalue weighted by molar-refractivity contribution is 7.99. The maximum atomic E-state index is 12.5. The van der Waals surface area contributed by atoms with Crippen LogP contribution in [0.15, 0.2) is 89.7 Å². The van der Waals surface area contributed by atoms with Crippen LogP contribution in [0.4, 0.5) is 11.6 Å². The minimum atomic E-state index is -3.85. The number of hydrogen-bond donors (Lipinski definition) is 2. The summed E-state index contributed by atoms with van der Waals surface area (Å²) < 4.78 is 29.2. The molecule has 2 aromatic carbocycles. The van der Waals surface area contributed by atoms with Gasteiger partial charge in [-0.05, 0) is 54.6 Å². The van der Waals surface area contributed by atoms with Gasteiger partial charge in [0.05, 0.1) is 4.90 Å². The number of rotatable bonds is 11. The SMILES string of the molecule is C=CCn1c(SCCC(=O)Nc2ccc(S(=O)(=O)Nc3ncccn3)cc2)nnc1-c1ccc(Cl)cc1. The van der Waals surface area contributed by atoms with Crippen molar-refractivity contribution in [2.75, 3.05) is 15.8 Å². The molecule has 1 amide bonds. The third-order valence-electron chi connectivity index (χ3n) is 4.93. The largest absolute Gasteiger partial charge is 0.326 e. The van der Waals surface area contributed by atoms with Crippen LogP contribution in [0, 0.1) is 0 Å². The Morgan fingerprint density at radius 2 is 1.76 bits per heavy atom. The van der Waals surface area contributed by atoms with E-state index in [2.05, 4.69) is 36.8 Å². The van der Waals surface area contributed by atoms with Gasteiger partial charge in [0.25, 0.3) is 10.0 Å². The molecule has 2 heterocycles. The van der Waals surface area contributed by atoms with E-state index in [-0.39, 0.29) is 23.2 Å². The third kappa shape index (κ3) is 6.94. The van der Waals surface area contributed by atoms with Gasteiger partial charge in [0.15, 0.2) is 11.0 Å². The van der Waals surface area contributed by atoms with Crippen molar-refractivity contribution in [2.24, 2.45) is 0 Å². The number of halogens is 1. The standard InChI is InChI=1S/C24H22ClN7O3S2/c1-2-15-32-22(17-4-6-18(25)7-5-17)29-30-24(32)36-16-12-21(33)28-19-8-10-20(11-9-19)37(34,35)31-23-26-13-3-14-27-23/h2-11,13-14H,1,12,15-16H2,(H,28,33)(H,26,27,31). The number of carbonyl (C=O) groups excluding carboxylic acids is 1. The van der Waals surface area contributed by atoms with E-state index in [9.17, 15) is 13.2 Å². The zero-order chi connectivity index (χ0) is 26.3. The van der Waals surface area contributed by atoms with Crippen LogP contribution in [-0.2, 0) is 21.4 Å². The number of nitrogens with zero attached hydrogens (tertiary/aromatic N) is 5. The Balaban J connectivity index is 1.32. The maximum absolute atomic E-state index is 12.5. The zero-order valence-electron chi connectivity index (χ0n) is 19.4. The molecule has 4 rings (SSSR count). The van der Waals surface area contributed by atoms with Gasteiger partial charge in [0.2, 0.25) is 11.9 Å². The Kier molecular flexibility index (Phi) is 8.54. The van der Waals surface area contributed by atoms with E-state index in [1.807, 2.05) is 16.7 Å². The number of allylic oxidation sites excluding steroid dienone is 1. The molecule has 0 unspecified atom stereocenters. The summed E-state index contributed by atoms with van der Waals surface area (Å²) in [6, 6.07) is 14.7. The Morgan fingerprint density at radius 1 is 1.05 bits per heavy atom. The molecule has 0 spiro atoms. The number of anilines is 2. The van der Waals surface area contributed by atoms with Crippen molar-refractivity contribution >= 4 is 50.9 Å². The summed E-state index contributed by atoms with van der Waals surface area (Å²) in [5.74, 6) is 0.912. The summed E-state index contributed by atoms with van der Waals surface area (Å²) in [4.78, 5) is 20.2. The van der Waals surface area contributed by atoms with Gasteiger partial charge in [-0.15, -0.1) is 16.8 Å². The lowest BCUT2D eigenvalue weighted by atomic mass is 10.2. The van der Waals surface area contributed by atoms with Crippen molar-refractivity contribution in [2.45, 2.75) is 23.0 Å². The predicted octanol–water partition coefficient (Wildman–Crippen LogP) is 4.50. The zero-order valence-corrected chi connectivity index (χ0v) is 21.8. The monoisotopic (exact) mass is 555 g/mol. The highest BCUT2D eigenvalue weighted by Gasteiger charge is 2.16. The average Bonchev–Trinajstić information content (AvgIpc) is 3.28.